The number of carbonyl (C=O) groups is 1. The molecule has 3 aromatic carbocycles. The number of hydrogen-bond acceptors (Lipinski definition) is 2. The van der Waals surface area contributed by atoms with Crippen molar-refractivity contribution in [3.8, 4) is 5.75 Å². The Morgan fingerprint density at radius 2 is 1.60 bits per heavy atom. The highest BCUT2D eigenvalue weighted by Crippen LogP contribution is 2.26. The van der Waals surface area contributed by atoms with Gasteiger partial charge in [-0.1, -0.05) is 80.8 Å². The number of aryl methyl sites for hydroxylation is 5. The number of nitrogens with one attached hydrogen (secondary N) is 1. The van der Waals surface area contributed by atoms with E-state index in [-0.39, 0.29) is 11.9 Å². The van der Waals surface area contributed by atoms with Crippen LogP contribution in [-0.4, -0.2) is 5.91 Å². The Labute approximate surface area is 211 Å². The Kier molecular flexibility index (Phi) is 9.14. The van der Waals surface area contributed by atoms with E-state index in [4.69, 9.17) is 4.74 Å². The van der Waals surface area contributed by atoms with Gasteiger partial charge in [-0.3, -0.25) is 4.79 Å². The number of carbonyl (C=O) groups excluding carboxylic acids is 1. The molecule has 0 fully saturated rings. The fourth-order valence-electron chi connectivity index (χ4n) is 4.63. The second-order valence-corrected chi connectivity index (χ2v) is 10.4. The van der Waals surface area contributed by atoms with Gasteiger partial charge < -0.3 is 10.1 Å². The Morgan fingerprint density at radius 3 is 2.26 bits per heavy atom. The molecule has 0 spiro atoms. The van der Waals surface area contributed by atoms with Crippen LogP contribution < -0.4 is 10.1 Å². The van der Waals surface area contributed by atoms with E-state index >= 15 is 0 Å². The average Bonchev–Trinajstić information content (AvgIpc) is 2.79. The highest BCUT2D eigenvalue weighted by molar-refractivity contribution is 5.96. The molecule has 0 aromatic heterocycles. The Balaban J connectivity index is 1.86. The fraction of sp³-hybridized carbons (Fsp3) is 0.406. The van der Waals surface area contributed by atoms with E-state index in [0.717, 1.165) is 47.3 Å². The van der Waals surface area contributed by atoms with Crippen molar-refractivity contribution in [1.29, 1.82) is 0 Å². The number of amides is 1. The zero-order valence-corrected chi connectivity index (χ0v) is 22.5. The molecule has 1 atom stereocenters. The third kappa shape index (κ3) is 7.45. The van der Waals surface area contributed by atoms with E-state index in [0.29, 0.717) is 12.5 Å². The summed E-state index contributed by atoms with van der Waals surface area (Å²) < 4.78 is 6.14. The molecule has 0 saturated heterocycles. The minimum atomic E-state index is -0.0228. The van der Waals surface area contributed by atoms with Crippen LogP contribution >= 0.6 is 0 Å². The second kappa shape index (κ2) is 12.1. The lowest BCUT2D eigenvalue weighted by atomic mass is 9.93. The number of ether oxygens (including phenoxy) is 1. The van der Waals surface area contributed by atoms with Crippen LogP contribution in [0.5, 0.6) is 5.75 Å². The molecule has 1 N–H and O–H groups in total. The molecule has 35 heavy (non-hydrogen) atoms. The number of hydrogen-bond donors (Lipinski definition) is 1. The molecule has 3 rings (SSSR count). The molecule has 0 saturated carbocycles. The smallest absolute Gasteiger partial charge is 0.252 e. The maximum Gasteiger partial charge on any atom is 0.252 e. The number of rotatable bonds is 10. The van der Waals surface area contributed by atoms with Crippen molar-refractivity contribution in [1.82, 2.24) is 5.32 Å². The van der Waals surface area contributed by atoms with Crippen LogP contribution in [0.25, 0.3) is 0 Å². The summed E-state index contributed by atoms with van der Waals surface area (Å²) in [5.74, 6) is 1.35. The standard InChI is InChI=1S/C32H41NO2/c1-8-9-27-13-12-26(20-35-31-18-22(4)10-11-25(31)7)19-29(27)32(34)33-30(14-21(2)3)28-16-23(5)15-24(6)17-28/h10-13,15-19,21,30H,8-9,14,20H2,1-7H3,(H,33,34). The van der Waals surface area contributed by atoms with Crippen LogP contribution in [0.15, 0.2) is 54.6 Å². The zero-order valence-electron chi connectivity index (χ0n) is 22.5. The van der Waals surface area contributed by atoms with Gasteiger partial charge in [-0.25, -0.2) is 0 Å². The van der Waals surface area contributed by atoms with Crippen molar-refractivity contribution >= 4 is 5.91 Å². The monoisotopic (exact) mass is 471 g/mol. The number of benzene rings is 3. The van der Waals surface area contributed by atoms with E-state index in [1.807, 2.05) is 6.07 Å². The molecule has 0 bridgehead atoms. The van der Waals surface area contributed by atoms with Gasteiger partial charge in [-0.05, 0) is 86.4 Å². The minimum absolute atomic E-state index is 0.00755. The molecule has 1 unspecified atom stereocenters. The largest absolute Gasteiger partial charge is 0.489 e. The van der Waals surface area contributed by atoms with E-state index < -0.39 is 0 Å². The predicted molar refractivity (Wildman–Crippen MR) is 146 cm³/mol. The summed E-state index contributed by atoms with van der Waals surface area (Å²) in [6, 6.07) is 19.0. The van der Waals surface area contributed by atoms with Gasteiger partial charge in [0, 0.05) is 5.56 Å². The summed E-state index contributed by atoms with van der Waals surface area (Å²) in [4.78, 5) is 13.6. The van der Waals surface area contributed by atoms with Gasteiger partial charge >= 0.3 is 0 Å². The van der Waals surface area contributed by atoms with Crippen LogP contribution in [0.3, 0.4) is 0 Å². The first kappa shape index (κ1) is 26.5. The lowest BCUT2D eigenvalue weighted by Crippen LogP contribution is -2.30. The molecule has 3 aromatic rings. The van der Waals surface area contributed by atoms with Gasteiger partial charge in [-0.2, -0.15) is 0 Å². The van der Waals surface area contributed by atoms with Crippen molar-refractivity contribution in [2.45, 2.75) is 80.4 Å². The highest BCUT2D eigenvalue weighted by atomic mass is 16.5. The minimum Gasteiger partial charge on any atom is -0.489 e. The van der Waals surface area contributed by atoms with E-state index in [1.165, 1.54) is 22.3 Å². The molecular weight excluding hydrogens is 430 g/mol. The first-order valence-corrected chi connectivity index (χ1v) is 12.9. The van der Waals surface area contributed by atoms with Crippen LogP contribution in [0.2, 0.25) is 0 Å². The Hall–Kier alpha value is -3.07. The SMILES string of the molecule is CCCc1ccc(COc2cc(C)ccc2C)cc1C(=O)NC(CC(C)C)c1cc(C)cc(C)c1. The molecule has 0 aliphatic heterocycles. The highest BCUT2D eigenvalue weighted by Gasteiger charge is 2.20. The summed E-state index contributed by atoms with van der Waals surface area (Å²) in [5, 5.41) is 3.37. The third-order valence-corrected chi connectivity index (χ3v) is 6.34. The normalized spacial score (nSPS) is 12.0. The van der Waals surface area contributed by atoms with Crippen molar-refractivity contribution < 1.29 is 9.53 Å². The van der Waals surface area contributed by atoms with Crippen molar-refractivity contribution in [2.24, 2.45) is 5.92 Å². The zero-order chi connectivity index (χ0) is 25.5. The molecule has 0 aliphatic rings. The van der Waals surface area contributed by atoms with Gasteiger partial charge in [0.25, 0.3) is 5.91 Å². The van der Waals surface area contributed by atoms with Crippen LogP contribution in [0, 0.1) is 33.6 Å². The molecule has 0 heterocycles. The van der Waals surface area contributed by atoms with Crippen molar-refractivity contribution in [3.05, 3.63) is 99.1 Å². The Bertz CT molecular complexity index is 1140. The molecular formula is C32H41NO2. The third-order valence-electron chi connectivity index (χ3n) is 6.34. The van der Waals surface area contributed by atoms with Gasteiger partial charge in [0.15, 0.2) is 0 Å². The summed E-state index contributed by atoms with van der Waals surface area (Å²) in [7, 11) is 0. The van der Waals surface area contributed by atoms with E-state index in [9.17, 15) is 4.79 Å². The first-order chi connectivity index (χ1) is 16.7. The average molecular weight is 472 g/mol. The lowest BCUT2D eigenvalue weighted by molar-refractivity contribution is 0.0930. The molecule has 3 heteroatoms. The van der Waals surface area contributed by atoms with Gasteiger partial charge in [0.2, 0.25) is 0 Å². The Morgan fingerprint density at radius 1 is 0.886 bits per heavy atom. The summed E-state index contributed by atoms with van der Waals surface area (Å²) >= 11 is 0. The van der Waals surface area contributed by atoms with Crippen LogP contribution in [-0.2, 0) is 13.0 Å². The summed E-state index contributed by atoms with van der Waals surface area (Å²) in [6.07, 6.45) is 2.76. The van der Waals surface area contributed by atoms with E-state index in [1.54, 1.807) is 0 Å². The maximum atomic E-state index is 13.6. The van der Waals surface area contributed by atoms with Crippen LogP contribution in [0.1, 0.15) is 89.0 Å². The molecule has 3 nitrogen and oxygen atoms in total. The second-order valence-electron chi connectivity index (χ2n) is 10.4. The van der Waals surface area contributed by atoms with Crippen LogP contribution in [0.4, 0.5) is 0 Å². The fourth-order valence-corrected chi connectivity index (χ4v) is 4.63. The topological polar surface area (TPSA) is 38.3 Å². The lowest BCUT2D eigenvalue weighted by Gasteiger charge is -2.23. The van der Waals surface area contributed by atoms with Gasteiger partial charge in [0.05, 0.1) is 6.04 Å². The van der Waals surface area contributed by atoms with Gasteiger partial charge in [0.1, 0.15) is 12.4 Å². The predicted octanol–water partition coefficient (Wildman–Crippen LogP) is 7.97. The maximum absolute atomic E-state index is 13.6. The first-order valence-electron chi connectivity index (χ1n) is 12.9. The van der Waals surface area contributed by atoms with Crippen molar-refractivity contribution in [3.63, 3.8) is 0 Å². The van der Waals surface area contributed by atoms with Gasteiger partial charge in [-0.15, -0.1) is 0 Å². The summed E-state index contributed by atoms with van der Waals surface area (Å²) in [6.45, 7) is 15.3. The van der Waals surface area contributed by atoms with Crippen molar-refractivity contribution in [2.75, 3.05) is 0 Å². The summed E-state index contributed by atoms with van der Waals surface area (Å²) in [5.41, 5.74) is 8.75. The molecule has 186 valence electrons. The molecule has 0 radical (unpaired) electrons. The quantitative estimate of drug-likeness (QED) is 0.326. The molecule has 1 amide bonds. The van der Waals surface area contributed by atoms with E-state index in [2.05, 4.69) is 102 Å². The molecule has 0 aliphatic carbocycles.